The average Bonchev–Trinajstić information content (AvgIpc) is 3.85. The lowest BCUT2D eigenvalue weighted by Crippen LogP contribution is -2.02. The van der Waals surface area contributed by atoms with E-state index in [-0.39, 0.29) is 0 Å². The van der Waals surface area contributed by atoms with Crippen molar-refractivity contribution in [3.8, 4) is 50.7 Å². The predicted molar refractivity (Wildman–Crippen MR) is 239 cm³/mol. The van der Waals surface area contributed by atoms with Crippen molar-refractivity contribution in [1.82, 2.24) is 23.9 Å². The summed E-state index contributed by atoms with van der Waals surface area (Å²) in [4.78, 5) is 15.8. The van der Waals surface area contributed by atoms with Crippen molar-refractivity contribution in [2.24, 2.45) is 0 Å². The van der Waals surface area contributed by atoms with Crippen molar-refractivity contribution < 1.29 is 0 Å². The standard InChI is InChI=1S/C53H33N5/c1-3-13-34(14-4-1)36-23-27-38(28-24-36)46-33-51(56-52(54-46)39-29-25-37(26-30-39)35-15-5-2-6-16-35)57-47-21-11-9-18-41(47)44-32-50-43(31-49(44)57)40-17-7-8-19-42(40)53-55-45-20-10-12-22-48(45)58(50)53/h1-33H. The number of hydrogen-bond donors (Lipinski definition) is 0. The molecule has 0 atom stereocenters. The van der Waals surface area contributed by atoms with Gasteiger partial charge in [0.25, 0.3) is 0 Å². The highest BCUT2D eigenvalue weighted by Gasteiger charge is 2.20. The van der Waals surface area contributed by atoms with E-state index in [2.05, 4.69) is 197 Å². The summed E-state index contributed by atoms with van der Waals surface area (Å²) < 4.78 is 4.65. The molecule has 5 nitrogen and oxygen atoms in total. The Bertz CT molecular complexity index is 3430. The van der Waals surface area contributed by atoms with Gasteiger partial charge in [-0.05, 0) is 58.0 Å². The predicted octanol–water partition coefficient (Wildman–Crippen LogP) is 13.3. The van der Waals surface area contributed by atoms with E-state index in [9.17, 15) is 0 Å². The third kappa shape index (κ3) is 5.07. The van der Waals surface area contributed by atoms with Crippen LogP contribution in [0.2, 0.25) is 0 Å². The van der Waals surface area contributed by atoms with Gasteiger partial charge in [-0.15, -0.1) is 0 Å². The van der Waals surface area contributed by atoms with E-state index in [1.807, 2.05) is 12.1 Å². The molecule has 0 aliphatic heterocycles. The van der Waals surface area contributed by atoms with Gasteiger partial charge in [0.1, 0.15) is 11.5 Å². The number of nitrogens with zero attached hydrogens (tertiary/aromatic N) is 5. The van der Waals surface area contributed by atoms with E-state index >= 15 is 0 Å². The third-order valence-corrected chi connectivity index (χ3v) is 11.5. The third-order valence-electron chi connectivity index (χ3n) is 11.5. The number of hydrogen-bond acceptors (Lipinski definition) is 3. The first-order valence-electron chi connectivity index (χ1n) is 19.6. The number of benzene rings is 8. The van der Waals surface area contributed by atoms with Crippen LogP contribution in [0.15, 0.2) is 200 Å². The van der Waals surface area contributed by atoms with E-state index in [1.54, 1.807) is 0 Å². The lowest BCUT2D eigenvalue weighted by Gasteiger charge is -2.14. The lowest BCUT2D eigenvalue weighted by molar-refractivity contribution is 1.05. The molecular formula is C53H33N5. The zero-order valence-electron chi connectivity index (χ0n) is 31.3. The minimum atomic E-state index is 0.669. The van der Waals surface area contributed by atoms with Crippen LogP contribution < -0.4 is 0 Å². The van der Waals surface area contributed by atoms with Gasteiger partial charge in [0, 0.05) is 38.7 Å². The van der Waals surface area contributed by atoms with Crippen LogP contribution >= 0.6 is 0 Å². The smallest absolute Gasteiger partial charge is 0.162 e. The number of aromatic nitrogens is 5. The molecule has 0 unspecified atom stereocenters. The van der Waals surface area contributed by atoms with Gasteiger partial charge in [0.2, 0.25) is 0 Å². The molecule has 5 heteroatoms. The van der Waals surface area contributed by atoms with Crippen LogP contribution in [-0.2, 0) is 0 Å². The summed E-state index contributed by atoms with van der Waals surface area (Å²) in [5.41, 5.74) is 13.8. The normalized spacial score (nSPS) is 11.8. The minimum absolute atomic E-state index is 0.669. The van der Waals surface area contributed by atoms with Crippen LogP contribution in [0.1, 0.15) is 0 Å². The van der Waals surface area contributed by atoms with E-state index in [0.717, 1.165) is 88.5 Å². The fourth-order valence-corrected chi connectivity index (χ4v) is 8.75. The van der Waals surface area contributed by atoms with Gasteiger partial charge in [0.05, 0.1) is 33.3 Å². The molecule has 0 spiro atoms. The number of para-hydroxylation sites is 3. The van der Waals surface area contributed by atoms with Crippen LogP contribution in [-0.4, -0.2) is 23.9 Å². The number of rotatable bonds is 5. The Hall–Kier alpha value is -7.89. The highest BCUT2D eigenvalue weighted by molar-refractivity contribution is 6.20. The molecule has 0 bridgehead atoms. The Balaban J connectivity index is 1.12. The summed E-state index contributed by atoms with van der Waals surface area (Å²) in [7, 11) is 0. The second-order valence-electron chi connectivity index (χ2n) is 14.9. The SMILES string of the molecule is c1ccc(-c2ccc(-c3cc(-n4c5ccccc5c5cc6c(cc54)c4ccccc4c4nc5ccccc5n64)nc(-c4ccc(-c5ccccc5)cc4)n3)cc2)cc1. The van der Waals surface area contributed by atoms with Crippen molar-refractivity contribution in [2.45, 2.75) is 0 Å². The molecule has 12 rings (SSSR count). The van der Waals surface area contributed by atoms with E-state index in [4.69, 9.17) is 15.0 Å². The molecular weight excluding hydrogens is 707 g/mol. The van der Waals surface area contributed by atoms with Crippen molar-refractivity contribution >= 4 is 60.2 Å². The molecule has 0 aliphatic rings. The zero-order chi connectivity index (χ0) is 38.2. The van der Waals surface area contributed by atoms with Gasteiger partial charge >= 0.3 is 0 Å². The molecule has 0 saturated heterocycles. The van der Waals surface area contributed by atoms with Crippen molar-refractivity contribution in [1.29, 1.82) is 0 Å². The van der Waals surface area contributed by atoms with Crippen LogP contribution in [0.5, 0.6) is 0 Å². The molecule has 4 aromatic heterocycles. The van der Waals surface area contributed by atoms with Crippen LogP contribution in [0.3, 0.4) is 0 Å². The molecule has 270 valence electrons. The number of fused-ring (bicyclic) bond motifs is 11. The van der Waals surface area contributed by atoms with Gasteiger partial charge in [-0.1, -0.05) is 164 Å². The molecule has 8 aromatic carbocycles. The molecule has 0 amide bonds. The molecule has 0 radical (unpaired) electrons. The minimum Gasteiger partial charge on any atom is -0.294 e. The van der Waals surface area contributed by atoms with Gasteiger partial charge < -0.3 is 0 Å². The summed E-state index contributed by atoms with van der Waals surface area (Å²) in [6, 6.07) is 70.8. The first-order valence-corrected chi connectivity index (χ1v) is 19.6. The summed E-state index contributed by atoms with van der Waals surface area (Å²) in [6.45, 7) is 0. The lowest BCUT2D eigenvalue weighted by atomic mass is 10.0. The topological polar surface area (TPSA) is 48.0 Å². The maximum absolute atomic E-state index is 5.40. The highest BCUT2D eigenvalue weighted by atomic mass is 15.1. The second kappa shape index (κ2) is 12.8. The quantitative estimate of drug-likeness (QED) is 0.165. The Morgan fingerprint density at radius 1 is 0.310 bits per heavy atom. The van der Waals surface area contributed by atoms with E-state index < -0.39 is 0 Å². The Morgan fingerprint density at radius 3 is 1.53 bits per heavy atom. The fourth-order valence-electron chi connectivity index (χ4n) is 8.75. The molecule has 12 aromatic rings. The number of imidazole rings is 1. The van der Waals surface area contributed by atoms with Gasteiger partial charge in [-0.3, -0.25) is 8.97 Å². The average molecular weight is 740 g/mol. The molecule has 0 N–H and O–H groups in total. The van der Waals surface area contributed by atoms with Gasteiger partial charge in [-0.2, -0.15) is 0 Å². The summed E-state index contributed by atoms with van der Waals surface area (Å²) in [6.07, 6.45) is 0. The monoisotopic (exact) mass is 739 g/mol. The molecule has 0 aliphatic carbocycles. The zero-order valence-corrected chi connectivity index (χ0v) is 31.3. The number of pyridine rings is 1. The van der Waals surface area contributed by atoms with E-state index in [1.165, 1.54) is 16.5 Å². The summed E-state index contributed by atoms with van der Waals surface area (Å²) in [5.74, 6) is 1.48. The molecule has 58 heavy (non-hydrogen) atoms. The van der Waals surface area contributed by atoms with Crippen LogP contribution in [0.25, 0.3) is 111 Å². The first kappa shape index (κ1) is 32.4. The largest absolute Gasteiger partial charge is 0.294 e. The molecule has 4 heterocycles. The highest BCUT2D eigenvalue weighted by Crippen LogP contribution is 2.40. The maximum atomic E-state index is 5.40. The van der Waals surface area contributed by atoms with Crippen molar-refractivity contribution in [2.75, 3.05) is 0 Å². The summed E-state index contributed by atoms with van der Waals surface area (Å²) in [5, 5.41) is 5.76. The molecule has 0 saturated carbocycles. The first-order chi connectivity index (χ1) is 28.7. The van der Waals surface area contributed by atoms with Crippen LogP contribution in [0.4, 0.5) is 0 Å². The second-order valence-corrected chi connectivity index (χ2v) is 14.9. The Labute approximate surface area is 333 Å². The summed E-state index contributed by atoms with van der Waals surface area (Å²) >= 11 is 0. The Morgan fingerprint density at radius 2 is 0.828 bits per heavy atom. The van der Waals surface area contributed by atoms with Gasteiger partial charge in [-0.25, -0.2) is 15.0 Å². The fraction of sp³-hybridized carbons (Fsp3) is 0. The van der Waals surface area contributed by atoms with E-state index in [0.29, 0.717) is 5.82 Å². The van der Waals surface area contributed by atoms with Gasteiger partial charge in [0.15, 0.2) is 5.82 Å². The van der Waals surface area contributed by atoms with Crippen molar-refractivity contribution in [3.63, 3.8) is 0 Å². The molecule has 0 fully saturated rings. The maximum Gasteiger partial charge on any atom is 0.162 e. The van der Waals surface area contributed by atoms with Crippen molar-refractivity contribution in [3.05, 3.63) is 200 Å². The van der Waals surface area contributed by atoms with Crippen LogP contribution in [0, 0.1) is 0 Å². The Kier molecular flexibility index (Phi) is 7.16.